The molecule has 0 fully saturated rings. The van der Waals surface area contributed by atoms with Gasteiger partial charge in [0.2, 0.25) is 5.88 Å². The van der Waals surface area contributed by atoms with Crippen LogP contribution in [-0.2, 0) is 12.8 Å². The van der Waals surface area contributed by atoms with Crippen LogP contribution in [0.2, 0.25) is 4.34 Å². The average molecular weight is 283 g/mol. The Morgan fingerprint density at radius 1 is 1.39 bits per heavy atom. The van der Waals surface area contributed by atoms with Crippen LogP contribution < -0.4 is 5.32 Å². The minimum Gasteiger partial charge on any atom is -0.338 e. The van der Waals surface area contributed by atoms with Crippen LogP contribution in [0.4, 0.5) is 5.88 Å². The van der Waals surface area contributed by atoms with E-state index in [0.29, 0.717) is 15.1 Å². The fraction of sp³-hybridized carbons (Fsp3) is 0.333. The van der Waals surface area contributed by atoms with Crippen LogP contribution in [-0.4, -0.2) is 11.1 Å². The second-order valence-electron chi connectivity index (χ2n) is 4.20. The lowest BCUT2D eigenvalue weighted by atomic mass is 9.98. The summed E-state index contributed by atoms with van der Waals surface area (Å²) in [4.78, 5) is 12.5. The minimum atomic E-state index is -0.198. The molecule has 0 spiro atoms. The van der Waals surface area contributed by atoms with E-state index in [0.717, 1.165) is 36.9 Å². The summed E-state index contributed by atoms with van der Waals surface area (Å²) in [6, 6.07) is 3.40. The van der Waals surface area contributed by atoms with E-state index in [4.69, 9.17) is 16.1 Å². The number of aryl methyl sites for hydroxylation is 1. The number of carbonyl (C=O) groups is 1. The number of amides is 1. The van der Waals surface area contributed by atoms with Gasteiger partial charge in [0.15, 0.2) is 0 Å². The standard InChI is InChI=1S/C12H11ClN2O2S/c13-10-6-5-9(18-10)11(16)14-12-7-3-1-2-4-8(7)15-17-12/h5-6H,1-4H2,(H,14,16). The molecule has 2 heterocycles. The number of aromatic nitrogens is 1. The summed E-state index contributed by atoms with van der Waals surface area (Å²) < 4.78 is 5.80. The highest BCUT2D eigenvalue weighted by Gasteiger charge is 2.21. The number of hydrogen-bond acceptors (Lipinski definition) is 4. The molecule has 6 heteroatoms. The number of nitrogens with one attached hydrogen (secondary N) is 1. The molecule has 1 amide bonds. The molecule has 0 radical (unpaired) electrons. The van der Waals surface area contributed by atoms with Crippen molar-refractivity contribution in [2.24, 2.45) is 0 Å². The number of thiophene rings is 1. The largest absolute Gasteiger partial charge is 0.338 e. The van der Waals surface area contributed by atoms with Gasteiger partial charge in [0, 0.05) is 5.56 Å². The third-order valence-electron chi connectivity index (χ3n) is 2.98. The summed E-state index contributed by atoms with van der Waals surface area (Å²) in [7, 11) is 0. The van der Waals surface area contributed by atoms with Crippen LogP contribution in [0.25, 0.3) is 0 Å². The van der Waals surface area contributed by atoms with Crippen molar-refractivity contribution >= 4 is 34.7 Å². The molecule has 0 aliphatic heterocycles. The maximum atomic E-state index is 12.0. The van der Waals surface area contributed by atoms with Crippen molar-refractivity contribution in [3.63, 3.8) is 0 Å². The average Bonchev–Trinajstić information content (AvgIpc) is 2.97. The highest BCUT2D eigenvalue weighted by atomic mass is 35.5. The fourth-order valence-corrected chi connectivity index (χ4v) is 3.03. The number of hydrogen-bond donors (Lipinski definition) is 1. The maximum Gasteiger partial charge on any atom is 0.268 e. The fourth-order valence-electron chi connectivity index (χ4n) is 2.09. The summed E-state index contributed by atoms with van der Waals surface area (Å²) in [5, 5.41) is 6.76. The zero-order valence-corrected chi connectivity index (χ0v) is 11.1. The second-order valence-corrected chi connectivity index (χ2v) is 5.92. The molecule has 0 saturated heterocycles. The van der Waals surface area contributed by atoms with Crippen LogP contribution in [0.1, 0.15) is 33.8 Å². The lowest BCUT2D eigenvalue weighted by Crippen LogP contribution is -2.12. The van der Waals surface area contributed by atoms with E-state index < -0.39 is 0 Å². The number of carbonyl (C=O) groups excluding carboxylic acids is 1. The van der Waals surface area contributed by atoms with Gasteiger partial charge in [0.1, 0.15) is 0 Å². The summed E-state index contributed by atoms with van der Waals surface area (Å²) >= 11 is 7.05. The minimum absolute atomic E-state index is 0.198. The van der Waals surface area contributed by atoms with Crippen molar-refractivity contribution in [3.05, 3.63) is 32.6 Å². The van der Waals surface area contributed by atoms with Gasteiger partial charge < -0.3 is 4.52 Å². The number of nitrogens with zero attached hydrogens (tertiary/aromatic N) is 1. The molecular formula is C12H11ClN2O2S. The monoisotopic (exact) mass is 282 g/mol. The van der Waals surface area contributed by atoms with E-state index in [1.165, 1.54) is 11.3 Å². The SMILES string of the molecule is O=C(Nc1onc2c1CCCC2)c1ccc(Cl)s1. The summed E-state index contributed by atoms with van der Waals surface area (Å²) in [5.41, 5.74) is 2.01. The molecule has 94 valence electrons. The zero-order chi connectivity index (χ0) is 12.5. The van der Waals surface area contributed by atoms with Crippen LogP contribution in [0.3, 0.4) is 0 Å². The predicted molar refractivity (Wildman–Crippen MR) is 70.4 cm³/mol. The Morgan fingerprint density at radius 3 is 3.00 bits per heavy atom. The number of rotatable bonds is 2. The number of fused-ring (bicyclic) bond motifs is 1. The molecule has 0 unspecified atom stereocenters. The highest BCUT2D eigenvalue weighted by Crippen LogP contribution is 2.28. The smallest absolute Gasteiger partial charge is 0.268 e. The first-order valence-corrected chi connectivity index (χ1v) is 6.97. The molecule has 2 aromatic rings. The van der Waals surface area contributed by atoms with Gasteiger partial charge >= 0.3 is 0 Å². The van der Waals surface area contributed by atoms with Crippen LogP contribution >= 0.6 is 22.9 Å². The third kappa shape index (κ3) is 2.15. The topological polar surface area (TPSA) is 55.1 Å². The van der Waals surface area contributed by atoms with Crippen molar-refractivity contribution in [2.45, 2.75) is 25.7 Å². The van der Waals surface area contributed by atoms with Crippen LogP contribution in [0.5, 0.6) is 0 Å². The molecule has 0 atom stereocenters. The zero-order valence-electron chi connectivity index (χ0n) is 9.53. The van der Waals surface area contributed by atoms with Gasteiger partial charge in [0.05, 0.1) is 14.9 Å². The molecule has 3 rings (SSSR count). The molecule has 0 aromatic carbocycles. The van der Waals surface area contributed by atoms with Gasteiger partial charge in [-0.3, -0.25) is 10.1 Å². The summed E-state index contributed by atoms with van der Waals surface area (Å²) in [6.45, 7) is 0. The quantitative estimate of drug-likeness (QED) is 0.917. The van der Waals surface area contributed by atoms with Crippen molar-refractivity contribution in [1.29, 1.82) is 0 Å². The van der Waals surface area contributed by atoms with E-state index in [1.54, 1.807) is 12.1 Å². The normalized spacial score (nSPS) is 14.3. The highest BCUT2D eigenvalue weighted by molar-refractivity contribution is 7.18. The van der Waals surface area contributed by atoms with Crippen molar-refractivity contribution in [2.75, 3.05) is 5.32 Å². The van der Waals surface area contributed by atoms with Crippen molar-refractivity contribution in [1.82, 2.24) is 5.16 Å². The second kappa shape index (κ2) is 4.74. The first kappa shape index (κ1) is 11.7. The lowest BCUT2D eigenvalue weighted by molar-refractivity contribution is 0.102. The Bertz CT molecular complexity index is 591. The van der Waals surface area contributed by atoms with Crippen LogP contribution in [0.15, 0.2) is 16.7 Å². The molecule has 0 saturated carbocycles. The van der Waals surface area contributed by atoms with E-state index >= 15 is 0 Å². The van der Waals surface area contributed by atoms with Crippen LogP contribution in [0, 0.1) is 0 Å². The summed E-state index contributed by atoms with van der Waals surface area (Å²) in [6.07, 6.45) is 4.09. The Balaban J connectivity index is 1.80. The molecular weight excluding hydrogens is 272 g/mol. The first-order valence-electron chi connectivity index (χ1n) is 5.78. The van der Waals surface area contributed by atoms with E-state index in [9.17, 15) is 4.79 Å². The third-order valence-corrected chi connectivity index (χ3v) is 4.21. The van der Waals surface area contributed by atoms with Crippen molar-refractivity contribution in [3.8, 4) is 0 Å². The van der Waals surface area contributed by atoms with Gasteiger partial charge in [-0.25, -0.2) is 0 Å². The van der Waals surface area contributed by atoms with Gasteiger partial charge in [-0.15, -0.1) is 11.3 Å². The van der Waals surface area contributed by atoms with Gasteiger partial charge in [-0.1, -0.05) is 16.8 Å². The lowest BCUT2D eigenvalue weighted by Gasteiger charge is -2.09. The molecule has 4 nitrogen and oxygen atoms in total. The van der Waals surface area contributed by atoms with E-state index in [1.807, 2.05) is 0 Å². The van der Waals surface area contributed by atoms with Crippen molar-refractivity contribution < 1.29 is 9.32 Å². The Hall–Kier alpha value is -1.33. The number of anilines is 1. The predicted octanol–water partition coefficient (Wildman–Crippen LogP) is 3.52. The van der Waals surface area contributed by atoms with E-state index in [2.05, 4.69) is 10.5 Å². The molecule has 1 aliphatic rings. The van der Waals surface area contributed by atoms with Gasteiger partial charge in [0.25, 0.3) is 5.91 Å². The number of halogens is 1. The Kier molecular flexibility index (Phi) is 3.09. The van der Waals surface area contributed by atoms with E-state index in [-0.39, 0.29) is 5.91 Å². The molecule has 18 heavy (non-hydrogen) atoms. The Labute approximate surface area is 113 Å². The molecule has 0 bridgehead atoms. The first-order chi connectivity index (χ1) is 8.74. The van der Waals surface area contributed by atoms with Gasteiger partial charge in [-0.2, -0.15) is 0 Å². The Morgan fingerprint density at radius 2 is 2.22 bits per heavy atom. The molecule has 1 N–H and O–H groups in total. The van der Waals surface area contributed by atoms with Gasteiger partial charge in [-0.05, 0) is 37.8 Å². The summed E-state index contributed by atoms with van der Waals surface area (Å²) in [5.74, 6) is 0.288. The molecule has 2 aromatic heterocycles. The molecule has 1 aliphatic carbocycles. The maximum absolute atomic E-state index is 12.0.